The van der Waals surface area contributed by atoms with Gasteiger partial charge in [0, 0.05) is 43.5 Å². The van der Waals surface area contributed by atoms with Crippen molar-refractivity contribution in [2.75, 3.05) is 22.9 Å². The molecule has 170 valence electrons. The number of pyridine rings is 1. The van der Waals surface area contributed by atoms with Gasteiger partial charge in [0.25, 0.3) is 5.92 Å². The molecule has 1 aromatic carbocycles. The zero-order chi connectivity index (χ0) is 23.4. The van der Waals surface area contributed by atoms with Gasteiger partial charge < -0.3 is 9.80 Å². The Morgan fingerprint density at radius 3 is 2.33 bits per heavy atom. The fraction of sp³-hybridized carbons (Fsp3) is 0.360. The molecule has 33 heavy (non-hydrogen) atoms. The molecular weight excluding hydrogens is 422 g/mol. The number of alkyl halides is 2. The van der Waals surface area contributed by atoms with E-state index in [9.17, 15) is 8.78 Å². The maximum atomic E-state index is 13.8. The van der Waals surface area contributed by atoms with E-state index in [0.717, 1.165) is 56.2 Å². The van der Waals surface area contributed by atoms with Crippen molar-refractivity contribution < 1.29 is 8.78 Å². The van der Waals surface area contributed by atoms with E-state index in [1.54, 1.807) is 18.3 Å². The molecule has 0 amide bonds. The Morgan fingerprint density at radius 1 is 1.09 bits per heavy atom. The van der Waals surface area contributed by atoms with E-state index in [1.807, 2.05) is 18.3 Å². The summed E-state index contributed by atoms with van der Waals surface area (Å²) >= 11 is 0. The molecule has 6 nitrogen and oxygen atoms in total. The van der Waals surface area contributed by atoms with Crippen LogP contribution in [0.3, 0.4) is 0 Å². The van der Waals surface area contributed by atoms with Gasteiger partial charge >= 0.3 is 0 Å². The van der Waals surface area contributed by atoms with Gasteiger partial charge in [-0.15, -0.1) is 0 Å². The molecule has 3 heterocycles. The summed E-state index contributed by atoms with van der Waals surface area (Å²) in [5.74, 6) is -2.26. The van der Waals surface area contributed by atoms with Crippen molar-refractivity contribution in [1.29, 1.82) is 5.26 Å². The Kier molecular flexibility index (Phi) is 6.50. The van der Waals surface area contributed by atoms with Crippen LogP contribution in [-0.4, -0.2) is 34.1 Å². The normalized spacial score (nSPS) is 14.7. The number of nitriles is 1. The fourth-order valence-corrected chi connectivity index (χ4v) is 4.26. The molecule has 0 aliphatic carbocycles. The van der Waals surface area contributed by atoms with Crippen LogP contribution in [0.2, 0.25) is 0 Å². The average molecular weight is 449 g/mol. The highest BCUT2D eigenvalue weighted by atomic mass is 19.3. The smallest absolute Gasteiger partial charge is 0.270 e. The van der Waals surface area contributed by atoms with Crippen LogP contribution in [-0.2, 0) is 12.3 Å². The highest BCUT2D eigenvalue weighted by Crippen LogP contribution is 2.36. The molecule has 2 aromatic heterocycles. The van der Waals surface area contributed by atoms with E-state index in [-0.39, 0.29) is 11.6 Å². The lowest BCUT2D eigenvalue weighted by molar-refractivity contribution is 0.0175. The number of hydrogen-bond acceptors (Lipinski definition) is 6. The minimum Gasteiger partial charge on any atom is -0.341 e. The van der Waals surface area contributed by atoms with Gasteiger partial charge in [-0.25, -0.2) is 18.7 Å². The molecule has 0 bridgehead atoms. The van der Waals surface area contributed by atoms with Crippen LogP contribution in [0.25, 0.3) is 0 Å². The molecule has 0 spiro atoms. The molecular formula is C25H26F2N6. The molecule has 0 atom stereocenters. The van der Waals surface area contributed by atoms with Crippen molar-refractivity contribution >= 4 is 17.3 Å². The van der Waals surface area contributed by atoms with Crippen molar-refractivity contribution in [3.8, 4) is 6.07 Å². The van der Waals surface area contributed by atoms with Gasteiger partial charge in [0.2, 0.25) is 5.95 Å². The summed E-state index contributed by atoms with van der Waals surface area (Å²) in [5, 5.41) is 8.96. The highest BCUT2D eigenvalue weighted by Gasteiger charge is 2.29. The average Bonchev–Trinajstić information content (AvgIpc) is 2.85. The molecule has 1 aliphatic heterocycles. The number of hydrogen-bond donors (Lipinski definition) is 0. The van der Waals surface area contributed by atoms with Crippen molar-refractivity contribution in [3.63, 3.8) is 0 Å². The van der Waals surface area contributed by atoms with Crippen LogP contribution in [0.15, 0.2) is 55.1 Å². The van der Waals surface area contributed by atoms with Crippen molar-refractivity contribution in [3.05, 3.63) is 71.8 Å². The van der Waals surface area contributed by atoms with E-state index in [2.05, 4.69) is 31.7 Å². The topological polar surface area (TPSA) is 68.9 Å². The predicted octanol–water partition coefficient (Wildman–Crippen LogP) is 5.22. The number of nitrogens with zero attached hydrogens (tertiary/aromatic N) is 6. The predicted molar refractivity (Wildman–Crippen MR) is 124 cm³/mol. The van der Waals surface area contributed by atoms with E-state index in [0.29, 0.717) is 11.5 Å². The van der Waals surface area contributed by atoms with Crippen molar-refractivity contribution in [2.45, 2.75) is 45.1 Å². The fourth-order valence-electron chi connectivity index (χ4n) is 4.26. The van der Waals surface area contributed by atoms with E-state index >= 15 is 0 Å². The zero-order valence-electron chi connectivity index (χ0n) is 18.7. The maximum absolute atomic E-state index is 13.8. The molecule has 1 aliphatic rings. The first kappa shape index (κ1) is 22.6. The Morgan fingerprint density at radius 2 is 1.76 bits per heavy atom. The lowest BCUT2D eigenvalue weighted by Gasteiger charge is -2.40. The first-order chi connectivity index (χ1) is 15.9. The number of aryl methyl sites for hydroxylation is 1. The van der Waals surface area contributed by atoms with Gasteiger partial charge in [0.1, 0.15) is 6.07 Å². The number of piperidine rings is 1. The number of rotatable bonds is 6. The minimum atomic E-state index is -2.88. The summed E-state index contributed by atoms with van der Waals surface area (Å²) in [4.78, 5) is 17.3. The van der Waals surface area contributed by atoms with Crippen LogP contribution in [0.1, 0.15) is 43.4 Å². The van der Waals surface area contributed by atoms with Crippen molar-refractivity contribution in [2.24, 2.45) is 0 Å². The third-order valence-electron chi connectivity index (χ3n) is 6.06. The molecule has 1 fully saturated rings. The van der Waals surface area contributed by atoms with Crippen LogP contribution in [0.4, 0.5) is 26.1 Å². The standard InChI is InChI=1S/C25H26F2N6/c1-3-19-8-11-29-17-23(19)33(21-6-4-20(5-7-21)25(2,26)27)22-9-12-32(13-10-22)24-30-15-18(14-28)16-31-24/h4-8,11,15-17,22H,3,9-10,12-13H2,1-2H3. The van der Waals surface area contributed by atoms with E-state index < -0.39 is 5.92 Å². The van der Waals surface area contributed by atoms with Crippen LogP contribution < -0.4 is 9.80 Å². The molecule has 0 unspecified atom stereocenters. The van der Waals surface area contributed by atoms with Crippen molar-refractivity contribution in [1.82, 2.24) is 15.0 Å². The van der Waals surface area contributed by atoms with Gasteiger partial charge in [0.05, 0.1) is 29.8 Å². The van der Waals surface area contributed by atoms with Gasteiger partial charge in [0.15, 0.2) is 0 Å². The maximum Gasteiger partial charge on any atom is 0.270 e. The van der Waals surface area contributed by atoms with E-state index in [4.69, 9.17) is 5.26 Å². The SMILES string of the molecule is CCc1ccncc1N(c1ccc(C(C)(F)F)cc1)C1CCN(c2ncc(C#N)cn2)CC1. The largest absolute Gasteiger partial charge is 0.341 e. The minimum absolute atomic E-state index is 0.000820. The third-order valence-corrected chi connectivity index (χ3v) is 6.06. The Hall–Kier alpha value is -3.60. The van der Waals surface area contributed by atoms with Crippen LogP contribution in [0.5, 0.6) is 0 Å². The Bertz CT molecular complexity index is 1110. The highest BCUT2D eigenvalue weighted by molar-refractivity contribution is 5.67. The molecule has 0 N–H and O–H groups in total. The number of halogens is 2. The summed E-state index contributed by atoms with van der Waals surface area (Å²) in [6.45, 7) is 4.51. The van der Waals surface area contributed by atoms with Gasteiger partial charge in [-0.05, 0) is 43.0 Å². The summed E-state index contributed by atoms with van der Waals surface area (Å²) in [6.07, 6.45) is 9.24. The summed E-state index contributed by atoms with van der Waals surface area (Å²) in [6, 6.07) is 10.8. The van der Waals surface area contributed by atoms with Gasteiger partial charge in [-0.3, -0.25) is 4.98 Å². The molecule has 8 heteroatoms. The lowest BCUT2D eigenvalue weighted by Crippen LogP contribution is -2.44. The second-order valence-corrected chi connectivity index (χ2v) is 8.26. The molecule has 3 aromatic rings. The number of aromatic nitrogens is 3. The molecule has 4 rings (SSSR count). The molecule has 1 saturated heterocycles. The molecule has 0 radical (unpaired) electrons. The summed E-state index contributed by atoms with van der Waals surface area (Å²) in [7, 11) is 0. The Labute approximate surface area is 192 Å². The first-order valence-electron chi connectivity index (χ1n) is 11.1. The third kappa shape index (κ3) is 4.92. The quantitative estimate of drug-likeness (QED) is 0.515. The Balaban J connectivity index is 1.61. The second kappa shape index (κ2) is 9.49. The summed E-state index contributed by atoms with van der Waals surface area (Å²) in [5.41, 5.74) is 3.47. The monoisotopic (exact) mass is 448 g/mol. The number of benzene rings is 1. The summed E-state index contributed by atoms with van der Waals surface area (Å²) < 4.78 is 27.6. The first-order valence-corrected chi connectivity index (χ1v) is 11.1. The lowest BCUT2D eigenvalue weighted by atomic mass is 9.99. The number of anilines is 3. The molecule has 0 saturated carbocycles. The van der Waals surface area contributed by atoms with Gasteiger partial charge in [-0.1, -0.05) is 19.1 Å². The van der Waals surface area contributed by atoms with E-state index in [1.165, 1.54) is 24.5 Å². The van der Waals surface area contributed by atoms with Crippen LogP contribution in [0, 0.1) is 11.3 Å². The second-order valence-electron chi connectivity index (χ2n) is 8.26. The zero-order valence-corrected chi connectivity index (χ0v) is 18.7. The van der Waals surface area contributed by atoms with Gasteiger partial charge in [-0.2, -0.15) is 5.26 Å². The van der Waals surface area contributed by atoms with Crippen LogP contribution >= 0.6 is 0 Å².